The van der Waals surface area contributed by atoms with E-state index in [4.69, 9.17) is 4.42 Å². The third-order valence-corrected chi connectivity index (χ3v) is 13.9. The third kappa shape index (κ3) is 7.20. The molecule has 0 radical (unpaired) electrons. The summed E-state index contributed by atoms with van der Waals surface area (Å²) in [5.41, 5.74) is 18.5. The van der Waals surface area contributed by atoms with Crippen LogP contribution in [0.5, 0.6) is 0 Å². The lowest BCUT2D eigenvalue weighted by atomic mass is 9.83. The predicted molar refractivity (Wildman–Crippen MR) is 292 cm³/mol. The Balaban J connectivity index is 1.00. The lowest BCUT2D eigenvalue weighted by Crippen LogP contribution is -1.93. The van der Waals surface area contributed by atoms with Crippen molar-refractivity contribution >= 4 is 43.3 Å². The van der Waals surface area contributed by atoms with Crippen molar-refractivity contribution in [1.29, 1.82) is 0 Å². The van der Waals surface area contributed by atoms with Crippen LogP contribution >= 0.6 is 0 Å². The fraction of sp³-hybridized carbons (Fsp3) is 0. The van der Waals surface area contributed by atoms with Gasteiger partial charge in [-0.15, -0.1) is 0 Å². The highest BCUT2D eigenvalue weighted by Crippen LogP contribution is 2.47. The zero-order valence-electron chi connectivity index (χ0n) is 37.8. The van der Waals surface area contributed by atoms with E-state index in [0.29, 0.717) is 0 Å². The molecule has 0 amide bonds. The van der Waals surface area contributed by atoms with Crippen molar-refractivity contribution in [3.05, 3.63) is 267 Å². The molecule has 0 saturated heterocycles. The van der Waals surface area contributed by atoms with Crippen LogP contribution < -0.4 is 0 Å². The van der Waals surface area contributed by atoms with Gasteiger partial charge in [0.05, 0.1) is 0 Å². The van der Waals surface area contributed by atoms with Crippen LogP contribution in [0.15, 0.2) is 271 Å². The average molecular weight is 877 g/mol. The van der Waals surface area contributed by atoms with Crippen molar-refractivity contribution in [2.75, 3.05) is 0 Å². The largest absolute Gasteiger partial charge is 0.455 e. The first-order chi connectivity index (χ1) is 34.2. The van der Waals surface area contributed by atoms with Gasteiger partial charge in [-0.3, -0.25) is 0 Å². The second-order valence-corrected chi connectivity index (χ2v) is 17.9. The Kier molecular flexibility index (Phi) is 9.91. The maximum Gasteiger partial charge on any atom is 0.143 e. The fourth-order valence-corrected chi connectivity index (χ4v) is 10.6. The SMILES string of the molecule is c1ccc(-c2ccc3c(-c4ccc(-c5cccc6ccccc56)cc4)c4cc(-c5ccccc5)ccc4c(-c4ccc(-c5ccc6oc(-c7ccccc7)c(-c7ccccc7)c6c5)cc4)c3c2)cc1. The molecule has 0 aliphatic heterocycles. The van der Waals surface area contributed by atoms with Crippen molar-refractivity contribution in [2.24, 2.45) is 0 Å². The maximum atomic E-state index is 6.65. The number of rotatable bonds is 8. The van der Waals surface area contributed by atoms with Gasteiger partial charge >= 0.3 is 0 Å². The maximum absolute atomic E-state index is 6.65. The van der Waals surface area contributed by atoms with Gasteiger partial charge in [-0.25, -0.2) is 0 Å². The predicted octanol–water partition coefficient (Wildman–Crippen LogP) is 19.2. The topological polar surface area (TPSA) is 13.1 Å². The minimum Gasteiger partial charge on any atom is -0.455 e. The number of hydrogen-bond acceptors (Lipinski definition) is 1. The van der Waals surface area contributed by atoms with E-state index in [1.54, 1.807) is 0 Å². The lowest BCUT2D eigenvalue weighted by Gasteiger charge is -2.20. The normalized spacial score (nSPS) is 11.5. The molecule has 0 aliphatic rings. The van der Waals surface area contributed by atoms with E-state index in [-0.39, 0.29) is 0 Å². The van der Waals surface area contributed by atoms with E-state index < -0.39 is 0 Å². The Morgan fingerprint density at radius 1 is 0.203 bits per heavy atom. The quantitative estimate of drug-likeness (QED) is 0.139. The lowest BCUT2D eigenvalue weighted by molar-refractivity contribution is 0.632. The summed E-state index contributed by atoms with van der Waals surface area (Å²) in [6, 6.07) is 97.0. The zero-order chi connectivity index (χ0) is 45.7. The summed E-state index contributed by atoms with van der Waals surface area (Å²) in [5.74, 6) is 0.887. The summed E-state index contributed by atoms with van der Waals surface area (Å²) >= 11 is 0. The van der Waals surface area contributed by atoms with Crippen LogP contribution in [0.1, 0.15) is 0 Å². The van der Waals surface area contributed by atoms with Gasteiger partial charge in [0.1, 0.15) is 11.3 Å². The summed E-state index contributed by atoms with van der Waals surface area (Å²) in [6.07, 6.45) is 0. The van der Waals surface area contributed by atoms with Crippen molar-refractivity contribution in [1.82, 2.24) is 0 Å². The van der Waals surface area contributed by atoms with Gasteiger partial charge in [0.2, 0.25) is 0 Å². The minimum atomic E-state index is 0.874. The average Bonchev–Trinajstić information content (AvgIpc) is 3.82. The minimum absolute atomic E-state index is 0.874. The molecule has 0 bridgehead atoms. The summed E-state index contributed by atoms with van der Waals surface area (Å²) < 4.78 is 6.65. The summed E-state index contributed by atoms with van der Waals surface area (Å²) in [6.45, 7) is 0. The Labute approximate surface area is 401 Å². The molecule has 69 heavy (non-hydrogen) atoms. The monoisotopic (exact) mass is 876 g/mol. The van der Waals surface area contributed by atoms with E-state index >= 15 is 0 Å². The van der Waals surface area contributed by atoms with Gasteiger partial charge in [0.15, 0.2) is 0 Å². The summed E-state index contributed by atoms with van der Waals surface area (Å²) in [5, 5.41) is 8.49. The molecule has 12 aromatic carbocycles. The molecule has 322 valence electrons. The molecule has 13 rings (SSSR count). The first-order valence-corrected chi connectivity index (χ1v) is 23.7. The van der Waals surface area contributed by atoms with Gasteiger partial charge in [0, 0.05) is 16.5 Å². The number of hydrogen-bond donors (Lipinski definition) is 0. The van der Waals surface area contributed by atoms with E-state index in [2.05, 4.69) is 261 Å². The molecule has 1 heteroatoms. The highest BCUT2D eigenvalue weighted by atomic mass is 16.3. The molecule has 1 nitrogen and oxygen atoms in total. The molecule has 0 atom stereocenters. The molecule has 0 unspecified atom stereocenters. The van der Waals surface area contributed by atoms with Gasteiger partial charge in [-0.2, -0.15) is 0 Å². The Bertz CT molecular complexity index is 3990. The van der Waals surface area contributed by atoms with E-state index in [1.165, 1.54) is 88.0 Å². The standard InChI is InChI=1S/C68H44O/c1-5-16-45(17-6-1)54-37-40-60-61(42-54)65(51-32-28-47(29-33-51)56-38-41-64-63(44-56)67(50-21-9-3-10-22-50)68(69-64)53-23-11-4-12-24-53)59-39-36-55(46-18-7-2-8-19-46)43-62(59)66(60)52-34-30-49(31-35-52)58-27-15-25-48-20-13-14-26-57(48)58/h1-44H. The van der Waals surface area contributed by atoms with Crippen molar-refractivity contribution in [3.8, 4) is 89.2 Å². The Morgan fingerprint density at radius 3 is 1.16 bits per heavy atom. The zero-order valence-corrected chi connectivity index (χ0v) is 37.8. The van der Waals surface area contributed by atoms with Crippen molar-refractivity contribution in [3.63, 3.8) is 0 Å². The van der Waals surface area contributed by atoms with E-state index in [9.17, 15) is 0 Å². The van der Waals surface area contributed by atoms with E-state index in [1.807, 2.05) is 6.07 Å². The number of fused-ring (bicyclic) bond motifs is 4. The highest BCUT2D eigenvalue weighted by Gasteiger charge is 2.21. The molecule has 1 heterocycles. The van der Waals surface area contributed by atoms with Gasteiger partial charge < -0.3 is 4.42 Å². The van der Waals surface area contributed by atoms with Crippen LogP contribution in [0.3, 0.4) is 0 Å². The Morgan fingerprint density at radius 2 is 0.594 bits per heavy atom. The van der Waals surface area contributed by atoms with Crippen LogP contribution in [0.2, 0.25) is 0 Å². The molecular formula is C68H44O. The number of furan rings is 1. The van der Waals surface area contributed by atoms with Crippen LogP contribution in [-0.4, -0.2) is 0 Å². The molecular weight excluding hydrogens is 833 g/mol. The van der Waals surface area contributed by atoms with Crippen LogP contribution in [0.25, 0.3) is 132 Å². The molecule has 0 aliphatic carbocycles. The first kappa shape index (κ1) is 40.3. The third-order valence-electron chi connectivity index (χ3n) is 13.9. The summed E-state index contributed by atoms with van der Waals surface area (Å²) in [7, 11) is 0. The highest BCUT2D eigenvalue weighted by molar-refractivity contribution is 6.22. The van der Waals surface area contributed by atoms with Crippen molar-refractivity contribution < 1.29 is 4.42 Å². The molecule has 0 N–H and O–H groups in total. The van der Waals surface area contributed by atoms with Gasteiger partial charge in [-0.1, -0.05) is 243 Å². The Hall–Kier alpha value is -9.04. The molecule has 13 aromatic rings. The summed E-state index contributed by atoms with van der Waals surface area (Å²) in [4.78, 5) is 0. The van der Waals surface area contributed by atoms with Crippen LogP contribution in [0.4, 0.5) is 0 Å². The smallest absolute Gasteiger partial charge is 0.143 e. The van der Waals surface area contributed by atoms with E-state index in [0.717, 1.165) is 44.5 Å². The molecule has 1 aromatic heterocycles. The van der Waals surface area contributed by atoms with Gasteiger partial charge in [-0.05, 0) is 129 Å². The van der Waals surface area contributed by atoms with Crippen LogP contribution in [0, 0.1) is 0 Å². The van der Waals surface area contributed by atoms with Crippen LogP contribution in [-0.2, 0) is 0 Å². The van der Waals surface area contributed by atoms with Crippen molar-refractivity contribution in [2.45, 2.75) is 0 Å². The molecule has 0 spiro atoms. The molecule has 0 saturated carbocycles. The van der Waals surface area contributed by atoms with Gasteiger partial charge in [0.25, 0.3) is 0 Å². The first-order valence-electron chi connectivity index (χ1n) is 23.7. The second kappa shape index (κ2) is 17.0. The number of benzene rings is 12. The molecule has 0 fully saturated rings. The fourth-order valence-electron chi connectivity index (χ4n) is 10.6. The second-order valence-electron chi connectivity index (χ2n) is 17.9.